The minimum absolute atomic E-state index is 0.171. The summed E-state index contributed by atoms with van der Waals surface area (Å²) in [6.07, 6.45) is 0. The highest BCUT2D eigenvalue weighted by atomic mass is 35.5. The number of fused-ring (bicyclic) bond motifs is 1. The summed E-state index contributed by atoms with van der Waals surface area (Å²) in [7, 11) is 0. The molecular formula is C19H16ClN5O2S3. The Morgan fingerprint density at radius 3 is 2.73 bits per heavy atom. The Hall–Kier alpha value is -2.40. The molecule has 4 aromatic rings. The van der Waals surface area contributed by atoms with E-state index in [0.29, 0.717) is 15.0 Å². The molecule has 1 aromatic carbocycles. The standard InChI is InChI=1S/C19H16ClN5O2S3/c1-9-11-7-14(29-17(11)25(24-9)13-6-4-3-5-12(13)20)16(27)23-19-22-10(2)18(30-19)28-8-15(21)26/h3-7H,8H2,1-2H3,(H2,21,26)(H,22,23,27). The summed E-state index contributed by atoms with van der Waals surface area (Å²) in [6.45, 7) is 3.73. The van der Waals surface area contributed by atoms with Crippen molar-refractivity contribution in [3.05, 3.63) is 51.6 Å². The first-order valence-electron chi connectivity index (χ1n) is 8.77. The second-order valence-corrected chi connectivity index (χ2v) is 10.1. The van der Waals surface area contributed by atoms with E-state index in [-0.39, 0.29) is 11.7 Å². The number of carbonyl (C=O) groups is 2. The van der Waals surface area contributed by atoms with E-state index in [2.05, 4.69) is 15.4 Å². The van der Waals surface area contributed by atoms with Crippen molar-refractivity contribution in [1.82, 2.24) is 14.8 Å². The average Bonchev–Trinajstić information content (AvgIpc) is 3.36. The molecule has 0 saturated heterocycles. The van der Waals surface area contributed by atoms with Crippen molar-refractivity contribution in [2.75, 3.05) is 11.1 Å². The van der Waals surface area contributed by atoms with E-state index in [9.17, 15) is 9.59 Å². The molecule has 0 unspecified atom stereocenters. The lowest BCUT2D eigenvalue weighted by molar-refractivity contribution is -0.115. The Balaban J connectivity index is 1.61. The van der Waals surface area contributed by atoms with E-state index in [4.69, 9.17) is 17.3 Å². The van der Waals surface area contributed by atoms with E-state index in [1.54, 1.807) is 10.7 Å². The fourth-order valence-electron chi connectivity index (χ4n) is 2.81. The number of benzene rings is 1. The highest BCUT2D eigenvalue weighted by molar-refractivity contribution is 8.01. The largest absolute Gasteiger partial charge is 0.369 e. The first-order chi connectivity index (χ1) is 14.3. The number of amides is 2. The fourth-order valence-corrected chi connectivity index (χ4v) is 5.97. The summed E-state index contributed by atoms with van der Waals surface area (Å²) in [6, 6.07) is 9.27. The maximum atomic E-state index is 12.8. The lowest BCUT2D eigenvalue weighted by Gasteiger charge is -2.04. The summed E-state index contributed by atoms with van der Waals surface area (Å²) in [4.78, 5) is 29.6. The number of nitrogens with two attached hydrogens (primary N) is 1. The number of primary amides is 1. The number of thiazole rings is 1. The van der Waals surface area contributed by atoms with Crippen LogP contribution in [0.2, 0.25) is 5.02 Å². The van der Waals surface area contributed by atoms with Crippen molar-refractivity contribution in [3.63, 3.8) is 0 Å². The Labute approximate surface area is 189 Å². The number of aromatic nitrogens is 3. The normalized spacial score (nSPS) is 11.2. The first kappa shape index (κ1) is 20.9. The molecule has 0 radical (unpaired) electrons. The number of nitrogens with one attached hydrogen (secondary N) is 1. The molecule has 7 nitrogen and oxygen atoms in total. The molecule has 4 rings (SSSR count). The monoisotopic (exact) mass is 477 g/mol. The number of para-hydroxylation sites is 1. The van der Waals surface area contributed by atoms with Gasteiger partial charge < -0.3 is 5.73 Å². The number of thioether (sulfide) groups is 1. The first-order valence-corrected chi connectivity index (χ1v) is 11.8. The summed E-state index contributed by atoms with van der Waals surface area (Å²) >= 11 is 10.3. The summed E-state index contributed by atoms with van der Waals surface area (Å²) in [5.74, 6) is -0.474. The van der Waals surface area contributed by atoms with Gasteiger partial charge in [-0.3, -0.25) is 14.9 Å². The van der Waals surface area contributed by atoms with Crippen LogP contribution in [0, 0.1) is 13.8 Å². The van der Waals surface area contributed by atoms with Crippen LogP contribution in [0.1, 0.15) is 21.1 Å². The van der Waals surface area contributed by atoms with E-state index < -0.39 is 5.91 Å². The molecule has 0 spiro atoms. The third-order valence-corrected chi connectivity index (χ3v) is 8.06. The van der Waals surface area contributed by atoms with E-state index in [0.717, 1.165) is 31.5 Å². The van der Waals surface area contributed by atoms with Gasteiger partial charge in [0.15, 0.2) is 5.13 Å². The van der Waals surface area contributed by atoms with Crippen molar-refractivity contribution < 1.29 is 9.59 Å². The SMILES string of the molecule is Cc1nc(NC(=O)c2cc3c(C)nn(-c4ccccc4Cl)c3s2)sc1SCC(N)=O. The summed E-state index contributed by atoms with van der Waals surface area (Å²) in [5, 5.41) is 9.38. The van der Waals surface area contributed by atoms with Gasteiger partial charge in [-0.05, 0) is 32.0 Å². The maximum Gasteiger partial charge on any atom is 0.267 e. The average molecular weight is 478 g/mol. The number of nitrogens with zero attached hydrogens (tertiary/aromatic N) is 3. The number of hydrogen-bond donors (Lipinski definition) is 2. The Morgan fingerprint density at radius 1 is 1.23 bits per heavy atom. The second kappa shape index (κ2) is 8.38. The van der Waals surface area contributed by atoms with Crippen molar-refractivity contribution in [3.8, 4) is 5.69 Å². The Kier molecular flexibility index (Phi) is 5.83. The highest BCUT2D eigenvalue weighted by Gasteiger charge is 2.19. The lowest BCUT2D eigenvalue weighted by atomic mass is 10.3. The van der Waals surface area contributed by atoms with Crippen LogP contribution in [0.3, 0.4) is 0 Å². The molecule has 0 bridgehead atoms. The summed E-state index contributed by atoms with van der Waals surface area (Å²) < 4.78 is 2.62. The van der Waals surface area contributed by atoms with Crippen LogP contribution in [0.4, 0.5) is 5.13 Å². The van der Waals surface area contributed by atoms with Crippen molar-refractivity contribution >= 4 is 73.2 Å². The topological polar surface area (TPSA) is 103 Å². The van der Waals surface area contributed by atoms with Gasteiger partial charge in [0.2, 0.25) is 5.91 Å². The Bertz CT molecular complexity index is 1280. The van der Waals surface area contributed by atoms with Crippen LogP contribution in [0.15, 0.2) is 34.5 Å². The molecule has 0 aliphatic heterocycles. The number of anilines is 1. The molecular weight excluding hydrogens is 462 g/mol. The van der Waals surface area contributed by atoms with Crippen LogP contribution in [-0.4, -0.2) is 32.3 Å². The van der Waals surface area contributed by atoms with Crippen LogP contribution in [0.5, 0.6) is 0 Å². The maximum absolute atomic E-state index is 12.8. The molecule has 0 aliphatic rings. The van der Waals surface area contributed by atoms with Gasteiger partial charge in [-0.25, -0.2) is 9.67 Å². The third-order valence-electron chi connectivity index (χ3n) is 4.17. The molecule has 3 N–H and O–H groups in total. The number of carbonyl (C=O) groups excluding carboxylic acids is 2. The van der Waals surface area contributed by atoms with Crippen LogP contribution >= 0.6 is 46.0 Å². The Morgan fingerprint density at radius 2 is 2.00 bits per heavy atom. The number of hydrogen-bond acceptors (Lipinski definition) is 7. The smallest absolute Gasteiger partial charge is 0.267 e. The van der Waals surface area contributed by atoms with Crippen molar-refractivity contribution in [1.29, 1.82) is 0 Å². The van der Waals surface area contributed by atoms with Gasteiger partial charge in [-0.15, -0.1) is 23.1 Å². The number of rotatable bonds is 6. The molecule has 0 fully saturated rings. The zero-order valence-electron chi connectivity index (χ0n) is 15.9. The minimum Gasteiger partial charge on any atom is -0.369 e. The van der Waals surface area contributed by atoms with Gasteiger partial charge in [-0.2, -0.15) is 5.10 Å². The highest BCUT2D eigenvalue weighted by Crippen LogP contribution is 2.34. The predicted molar refractivity (Wildman–Crippen MR) is 123 cm³/mol. The molecule has 2 amide bonds. The number of aryl methyl sites for hydroxylation is 2. The molecule has 3 heterocycles. The zero-order valence-corrected chi connectivity index (χ0v) is 19.1. The predicted octanol–water partition coefficient (Wildman–Crippen LogP) is 4.64. The minimum atomic E-state index is -0.397. The van der Waals surface area contributed by atoms with Crippen molar-refractivity contribution in [2.45, 2.75) is 18.1 Å². The second-order valence-electron chi connectivity index (χ2n) is 6.38. The fraction of sp³-hybridized carbons (Fsp3) is 0.158. The van der Waals surface area contributed by atoms with E-state index in [1.165, 1.54) is 34.4 Å². The zero-order chi connectivity index (χ0) is 21.4. The quantitative estimate of drug-likeness (QED) is 0.393. The van der Waals surface area contributed by atoms with E-state index >= 15 is 0 Å². The lowest BCUT2D eigenvalue weighted by Crippen LogP contribution is -2.12. The summed E-state index contributed by atoms with van der Waals surface area (Å²) in [5.41, 5.74) is 7.53. The van der Waals surface area contributed by atoms with Crippen molar-refractivity contribution in [2.24, 2.45) is 5.73 Å². The molecule has 0 aliphatic carbocycles. The number of thiophene rings is 1. The van der Waals surface area contributed by atoms with Crippen LogP contribution < -0.4 is 11.1 Å². The molecule has 0 saturated carbocycles. The van der Waals surface area contributed by atoms with Gasteiger partial charge >= 0.3 is 0 Å². The molecule has 0 atom stereocenters. The molecule has 30 heavy (non-hydrogen) atoms. The molecule has 11 heteroatoms. The molecule has 154 valence electrons. The molecule has 3 aromatic heterocycles. The number of halogens is 1. The van der Waals surface area contributed by atoms with Crippen LogP contribution in [-0.2, 0) is 4.79 Å². The third kappa shape index (κ3) is 4.08. The van der Waals surface area contributed by atoms with Gasteiger partial charge in [0, 0.05) is 5.39 Å². The van der Waals surface area contributed by atoms with Crippen LogP contribution in [0.25, 0.3) is 15.9 Å². The van der Waals surface area contributed by atoms with Gasteiger partial charge in [0.05, 0.1) is 36.9 Å². The van der Waals surface area contributed by atoms with Gasteiger partial charge in [0.25, 0.3) is 5.91 Å². The van der Waals surface area contributed by atoms with E-state index in [1.807, 2.05) is 38.1 Å². The van der Waals surface area contributed by atoms with Gasteiger partial charge in [0.1, 0.15) is 4.83 Å². The van der Waals surface area contributed by atoms with Gasteiger partial charge in [-0.1, -0.05) is 35.1 Å².